The van der Waals surface area contributed by atoms with Crippen molar-refractivity contribution in [3.05, 3.63) is 18.2 Å². The molecule has 0 spiro atoms. The number of nitrogens with zero attached hydrogens (tertiary/aromatic N) is 1. The van der Waals surface area contributed by atoms with Gasteiger partial charge in [-0.1, -0.05) is 20.8 Å². The molecular weight excluding hydrogens is 240 g/mol. The van der Waals surface area contributed by atoms with Crippen LogP contribution < -0.4 is 11.1 Å². The quantitative estimate of drug-likeness (QED) is 0.637. The molecule has 0 radical (unpaired) electrons. The van der Waals surface area contributed by atoms with E-state index in [1.807, 2.05) is 18.2 Å². The fourth-order valence-electron chi connectivity index (χ4n) is 2.11. The summed E-state index contributed by atoms with van der Waals surface area (Å²) in [5.74, 6) is 0.717. The number of aromatic amines is 1. The number of imidazole rings is 1. The Morgan fingerprint density at radius 1 is 1.42 bits per heavy atom. The molecule has 1 heterocycles. The zero-order chi connectivity index (χ0) is 14.0. The van der Waals surface area contributed by atoms with Gasteiger partial charge >= 0.3 is 0 Å². The van der Waals surface area contributed by atoms with Gasteiger partial charge in [-0.15, -0.1) is 0 Å². The maximum absolute atomic E-state index is 9.17. The number of hydrogen-bond acceptors (Lipinski definition) is 4. The first-order chi connectivity index (χ1) is 8.90. The van der Waals surface area contributed by atoms with E-state index in [9.17, 15) is 0 Å². The van der Waals surface area contributed by atoms with Crippen molar-refractivity contribution < 1.29 is 5.11 Å². The largest absolute Gasteiger partial charge is 0.399 e. The smallest absolute Gasteiger partial charge is 0.201 e. The topological polar surface area (TPSA) is 87.0 Å². The number of aromatic nitrogens is 2. The number of hydrogen-bond donors (Lipinski definition) is 4. The van der Waals surface area contributed by atoms with Gasteiger partial charge in [0.05, 0.1) is 11.0 Å². The van der Waals surface area contributed by atoms with Gasteiger partial charge in [-0.2, -0.15) is 0 Å². The van der Waals surface area contributed by atoms with Crippen LogP contribution in [0.4, 0.5) is 11.6 Å². The van der Waals surface area contributed by atoms with Crippen molar-refractivity contribution in [2.24, 2.45) is 5.41 Å². The average Bonchev–Trinajstić information content (AvgIpc) is 2.68. The minimum Gasteiger partial charge on any atom is -0.399 e. The van der Waals surface area contributed by atoms with Crippen molar-refractivity contribution in [2.75, 3.05) is 17.7 Å². The van der Waals surface area contributed by atoms with Crippen LogP contribution in [0.1, 0.15) is 27.2 Å². The maximum Gasteiger partial charge on any atom is 0.201 e. The van der Waals surface area contributed by atoms with Crippen LogP contribution in [0.3, 0.4) is 0 Å². The molecule has 0 fully saturated rings. The summed E-state index contributed by atoms with van der Waals surface area (Å²) < 4.78 is 0. The molecule has 1 aromatic heterocycles. The summed E-state index contributed by atoms with van der Waals surface area (Å²) in [5, 5.41) is 12.5. The Labute approximate surface area is 113 Å². The molecule has 0 bridgehead atoms. The number of nitrogens with one attached hydrogen (secondary N) is 2. The lowest BCUT2D eigenvalue weighted by Gasteiger charge is -2.30. The predicted molar refractivity (Wildman–Crippen MR) is 79.1 cm³/mol. The highest BCUT2D eigenvalue weighted by atomic mass is 16.3. The molecular formula is C14H22N4O. The number of fused-ring (bicyclic) bond motifs is 1. The summed E-state index contributed by atoms with van der Waals surface area (Å²) in [6.45, 7) is 6.57. The Morgan fingerprint density at radius 3 is 2.79 bits per heavy atom. The second-order valence-electron chi connectivity index (χ2n) is 5.94. The van der Waals surface area contributed by atoms with Crippen molar-refractivity contribution in [3.63, 3.8) is 0 Å². The van der Waals surface area contributed by atoms with E-state index in [4.69, 9.17) is 10.8 Å². The average molecular weight is 262 g/mol. The van der Waals surface area contributed by atoms with Crippen molar-refractivity contribution in [2.45, 2.75) is 33.2 Å². The number of anilines is 2. The molecule has 5 heteroatoms. The number of nitrogens with two attached hydrogens (primary N) is 1. The third-order valence-corrected chi connectivity index (χ3v) is 3.28. The van der Waals surface area contributed by atoms with Gasteiger partial charge < -0.3 is 21.1 Å². The molecule has 1 atom stereocenters. The van der Waals surface area contributed by atoms with Gasteiger partial charge in [-0.3, -0.25) is 0 Å². The van der Waals surface area contributed by atoms with Crippen molar-refractivity contribution in [1.82, 2.24) is 9.97 Å². The Kier molecular flexibility index (Phi) is 3.66. The molecule has 0 saturated heterocycles. The first kappa shape index (κ1) is 13.7. The van der Waals surface area contributed by atoms with Crippen LogP contribution >= 0.6 is 0 Å². The van der Waals surface area contributed by atoms with E-state index >= 15 is 0 Å². The van der Waals surface area contributed by atoms with Gasteiger partial charge in [0.25, 0.3) is 0 Å². The molecule has 0 saturated carbocycles. The Balaban J connectivity index is 2.24. The SMILES string of the molecule is CC(C)(C)C(CCO)Nc1nc2ccc(N)cc2[nH]1. The maximum atomic E-state index is 9.17. The summed E-state index contributed by atoms with van der Waals surface area (Å²) in [5.41, 5.74) is 8.30. The fourth-order valence-corrected chi connectivity index (χ4v) is 2.11. The summed E-state index contributed by atoms with van der Waals surface area (Å²) in [7, 11) is 0. The van der Waals surface area contributed by atoms with Gasteiger partial charge in [0.2, 0.25) is 5.95 Å². The van der Waals surface area contributed by atoms with E-state index < -0.39 is 0 Å². The Hall–Kier alpha value is -1.75. The molecule has 5 nitrogen and oxygen atoms in total. The lowest BCUT2D eigenvalue weighted by Crippen LogP contribution is -2.35. The lowest BCUT2D eigenvalue weighted by molar-refractivity contribution is 0.235. The molecule has 1 unspecified atom stereocenters. The zero-order valence-corrected chi connectivity index (χ0v) is 11.7. The highest BCUT2D eigenvalue weighted by Crippen LogP contribution is 2.25. The van der Waals surface area contributed by atoms with E-state index in [2.05, 4.69) is 36.1 Å². The predicted octanol–water partition coefficient (Wildman–Crippen LogP) is 2.35. The molecule has 0 amide bonds. The van der Waals surface area contributed by atoms with Gasteiger partial charge in [0.1, 0.15) is 0 Å². The van der Waals surface area contributed by atoms with Gasteiger partial charge in [-0.25, -0.2) is 4.98 Å². The highest BCUT2D eigenvalue weighted by molar-refractivity contribution is 5.80. The number of rotatable bonds is 4. The van der Waals surface area contributed by atoms with Gasteiger partial charge in [0.15, 0.2) is 0 Å². The minimum absolute atomic E-state index is 0.0424. The molecule has 0 aliphatic carbocycles. The summed E-state index contributed by atoms with van der Waals surface area (Å²) in [6, 6.07) is 5.74. The van der Waals surface area contributed by atoms with E-state index in [1.165, 1.54) is 0 Å². The van der Waals surface area contributed by atoms with Crippen LogP contribution in [0.25, 0.3) is 11.0 Å². The van der Waals surface area contributed by atoms with Crippen molar-refractivity contribution in [1.29, 1.82) is 0 Å². The zero-order valence-electron chi connectivity index (χ0n) is 11.7. The Morgan fingerprint density at radius 2 is 2.16 bits per heavy atom. The molecule has 2 rings (SSSR count). The van der Waals surface area contributed by atoms with Crippen molar-refractivity contribution >= 4 is 22.7 Å². The lowest BCUT2D eigenvalue weighted by atomic mass is 9.85. The summed E-state index contributed by atoms with van der Waals surface area (Å²) in [4.78, 5) is 7.70. The van der Waals surface area contributed by atoms with Crippen molar-refractivity contribution in [3.8, 4) is 0 Å². The standard InChI is InChI=1S/C14H22N4O/c1-14(2,3)12(6-7-19)18-13-16-10-5-4-9(15)8-11(10)17-13/h4-5,8,12,19H,6-7,15H2,1-3H3,(H2,16,17,18). The summed E-state index contributed by atoms with van der Waals surface area (Å²) in [6.07, 6.45) is 0.683. The molecule has 0 aliphatic rings. The van der Waals surface area contributed by atoms with E-state index in [0.29, 0.717) is 18.1 Å². The van der Waals surface area contributed by atoms with Crippen LogP contribution in [-0.4, -0.2) is 27.7 Å². The van der Waals surface area contributed by atoms with E-state index in [0.717, 1.165) is 11.0 Å². The van der Waals surface area contributed by atoms with E-state index in [-0.39, 0.29) is 18.1 Å². The molecule has 2 aromatic rings. The third kappa shape index (κ3) is 3.17. The van der Waals surface area contributed by atoms with Crippen LogP contribution in [-0.2, 0) is 0 Å². The number of H-pyrrole nitrogens is 1. The number of benzene rings is 1. The number of aliphatic hydroxyl groups excluding tert-OH is 1. The van der Waals surface area contributed by atoms with Crippen LogP contribution in [0.15, 0.2) is 18.2 Å². The monoisotopic (exact) mass is 262 g/mol. The molecule has 5 N–H and O–H groups in total. The number of nitrogen functional groups attached to an aromatic ring is 1. The van der Waals surface area contributed by atoms with Crippen LogP contribution in [0.2, 0.25) is 0 Å². The molecule has 19 heavy (non-hydrogen) atoms. The third-order valence-electron chi connectivity index (χ3n) is 3.28. The first-order valence-electron chi connectivity index (χ1n) is 6.53. The van der Waals surface area contributed by atoms with Crippen LogP contribution in [0.5, 0.6) is 0 Å². The summed E-state index contributed by atoms with van der Waals surface area (Å²) >= 11 is 0. The Bertz CT molecular complexity index is 556. The fraction of sp³-hybridized carbons (Fsp3) is 0.500. The van der Waals surface area contributed by atoms with Gasteiger partial charge in [-0.05, 0) is 30.0 Å². The first-order valence-corrected chi connectivity index (χ1v) is 6.53. The molecule has 0 aliphatic heterocycles. The van der Waals surface area contributed by atoms with E-state index in [1.54, 1.807) is 0 Å². The second kappa shape index (κ2) is 5.09. The second-order valence-corrected chi connectivity index (χ2v) is 5.94. The minimum atomic E-state index is 0.0424. The molecule has 104 valence electrons. The van der Waals surface area contributed by atoms with Gasteiger partial charge in [0, 0.05) is 18.3 Å². The van der Waals surface area contributed by atoms with Crippen LogP contribution in [0, 0.1) is 5.41 Å². The molecule has 1 aromatic carbocycles. The normalized spacial score (nSPS) is 13.7. The highest BCUT2D eigenvalue weighted by Gasteiger charge is 2.24. The number of aliphatic hydroxyl groups is 1.